The van der Waals surface area contributed by atoms with Crippen LogP contribution in [0.5, 0.6) is 5.75 Å². The number of amides is 1. The predicted octanol–water partition coefficient (Wildman–Crippen LogP) is 3.50. The molecule has 2 aromatic rings. The SMILES string of the molecule is Cc1cccc(OCc2nnc(SCC(=O)NC3CCCCC3)o2)c1. The van der Waals surface area contributed by atoms with E-state index in [0.717, 1.165) is 24.2 Å². The average Bonchev–Trinajstić information content (AvgIpc) is 3.07. The second-order valence-corrected chi connectivity index (χ2v) is 7.18. The monoisotopic (exact) mass is 361 g/mol. The fourth-order valence-corrected chi connectivity index (χ4v) is 3.44. The number of nitrogens with zero attached hydrogens (tertiary/aromatic N) is 2. The molecule has 134 valence electrons. The van der Waals surface area contributed by atoms with E-state index in [1.165, 1.54) is 31.0 Å². The van der Waals surface area contributed by atoms with Gasteiger partial charge in [-0.25, -0.2) is 0 Å². The Hall–Kier alpha value is -2.02. The Morgan fingerprint density at radius 3 is 2.96 bits per heavy atom. The molecule has 1 aliphatic carbocycles. The van der Waals surface area contributed by atoms with Crippen LogP contribution in [-0.4, -0.2) is 27.9 Å². The van der Waals surface area contributed by atoms with Crippen LogP contribution < -0.4 is 10.1 Å². The van der Waals surface area contributed by atoms with E-state index < -0.39 is 0 Å². The minimum atomic E-state index is 0.0210. The molecule has 1 aromatic heterocycles. The molecule has 7 heteroatoms. The third-order valence-corrected chi connectivity index (χ3v) is 4.92. The highest BCUT2D eigenvalue weighted by Gasteiger charge is 2.16. The molecular weight excluding hydrogens is 338 g/mol. The summed E-state index contributed by atoms with van der Waals surface area (Å²) < 4.78 is 11.1. The van der Waals surface area contributed by atoms with Crippen molar-refractivity contribution in [1.82, 2.24) is 15.5 Å². The number of carbonyl (C=O) groups is 1. The van der Waals surface area contributed by atoms with Gasteiger partial charge in [-0.15, -0.1) is 10.2 Å². The van der Waals surface area contributed by atoms with E-state index in [0.29, 0.717) is 17.2 Å². The Kier molecular flexibility index (Phi) is 6.33. The number of benzene rings is 1. The van der Waals surface area contributed by atoms with E-state index in [-0.39, 0.29) is 18.3 Å². The second-order valence-electron chi connectivity index (χ2n) is 6.26. The van der Waals surface area contributed by atoms with Crippen molar-refractivity contribution in [1.29, 1.82) is 0 Å². The number of aryl methyl sites for hydroxylation is 1. The first-order valence-electron chi connectivity index (χ1n) is 8.63. The third kappa shape index (κ3) is 5.77. The Morgan fingerprint density at radius 1 is 1.32 bits per heavy atom. The molecule has 0 spiro atoms. The summed E-state index contributed by atoms with van der Waals surface area (Å²) in [7, 11) is 0. The van der Waals surface area contributed by atoms with E-state index in [2.05, 4.69) is 15.5 Å². The maximum Gasteiger partial charge on any atom is 0.277 e. The minimum absolute atomic E-state index is 0.0210. The molecule has 1 aliphatic rings. The van der Waals surface area contributed by atoms with Crippen molar-refractivity contribution in [3.05, 3.63) is 35.7 Å². The van der Waals surface area contributed by atoms with Gasteiger partial charge >= 0.3 is 0 Å². The molecule has 0 bridgehead atoms. The van der Waals surface area contributed by atoms with Crippen LogP contribution in [0.25, 0.3) is 0 Å². The summed E-state index contributed by atoms with van der Waals surface area (Å²) in [4.78, 5) is 12.0. The lowest BCUT2D eigenvalue weighted by Crippen LogP contribution is -2.37. The zero-order valence-electron chi connectivity index (χ0n) is 14.4. The van der Waals surface area contributed by atoms with Gasteiger partial charge in [-0.3, -0.25) is 4.79 Å². The largest absolute Gasteiger partial charge is 0.484 e. The summed E-state index contributed by atoms with van der Waals surface area (Å²) >= 11 is 1.25. The van der Waals surface area contributed by atoms with E-state index in [4.69, 9.17) is 9.15 Å². The molecule has 0 aliphatic heterocycles. The molecule has 0 saturated heterocycles. The summed E-state index contributed by atoms with van der Waals surface area (Å²) in [5.74, 6) is 1.47. The number of aromatic nitrogens is 2. The van der Waals surface area contributed by atoms with Gasteiger partial charge in [-0.2, -0.15) is 0 Å². The van der Waals surface area contributed by atoms with E-state index >= 15 is 0 Å². The molecule has 0 atom stereocenters. The van der Waals surface area contributed by atoms with Crippen LogP contribution in [0.3, 0.4) is 0 Å². The van der Waals surface area contributed by atoms with Gasteiger partial charge in [-0.1, -0.05) is 43.2 Å². The van der Waals surface area contributed by atoms with Crippen molar-refractivity contribution < 1.29 is 13.9 Å². The molecule has 3 rings (SSSR count). The lowest BCUT2D eigenvalue weighted by Gasteiger charge is -2.22. The van der Waals surface area contributed by atoms with Crippen molar-refractivity contribution in [2.24, 2.45) is 0 Å². The Bertz CT molecular complexity index is 698. The lowest BCUT2D eigenvalue weighted by atomic mass is 9.95. The van der Waals surface area contributed by atoms with Gasteiger partial charge in [0.05, 0.1) is 5.75 Å². The van der Waals surface area contributed by atoms with Gasteiger partial charge in [0.1, 0.15) is 5.75 Å². The molecular formula is C18H23N3O3S. The van der Waals surface area contributed by atoms with Crippen LogP contribution in [0.4, 0.5) is 0 Å². The van der Waals surface area contributed by atoms with Gasteiger partial charge in [-0.05, 0) is 37.5 Å². The molecule has 6 nitrogen and oxygen atoms in total. The van der Waals surface area contributed by atoms with Crippen LogP contribution in [0.15, 0.2) is 33.9 Å². The number of ether oxygens (including phenoxy) is 1. The first kappa shape index (κ1) is 17.8. The Morgan fingerprint density at radius 2 is 2.16 bits per heavy atom. The Labute approximate surface area is 151 Å². The molecule has 1 fully saturated rings. The highest BCUT2D eigenvalue weighted by molar-refractivity contribution is 7.99. The van der Waals surface area contributed by atoms with Crippen LogP contribution in [0.1, 0.15) is 43.6 Å². The van der Waals surface area contributed by atoms with Gasteiger partial charge in [0.15, 0.2) is 6.61 Å². The van der Waals surface area contributed by atoms with Crippen LogP contribution in [-0.2, 0) is 11.4 Å². The first-order chi connectivity index (χ1) is 12.2. The summed E-state index contributed by atoms with van der Waals surface area (Å²) in [5, 5.41) is 11.4. The fourth-order valence-electron chi connectivity index (χ4n) is 2.85. The average molecular weight is 361 g/mol. The molecule has 1 amide bonds. The number of hydrogen-bond acceptors (Lipinski definition) is 6. The van der Waals surface area contributed by atoms with Crippen LogP contribution in [0.2, 0.25) is 0 Å². The first-order valence-corrected chi connectivity index (χ1v) is 9.61. The maximum absolute atomic E-state index is 12.0. The quantitative estimate of drug-likeness (QED) is 0.761. The zero-order chi connectivity index (χ0) is 17.5. The number of rotatable bonds is 7. The normalized spacial score (nSPS) is 15.1. The minimum Gasteiger partial charge on any atom is -0.484 e. The molecule has 1 heterocycles. The highest BCUT2D eigenvalue weighted by atomic mass is 32.2. The molecule has 25 heavy (non-hydrogen) atoms. The maximum atomic E-state index is 12.0. The number of nitrogens with one attached hydrogen (secondary N) is 1. The predicted molar refractivity (Wildman–Crippen MR) is 95.5 cm³/mol. The van der Waals surface area contributed by atoms with Gasteiger partial charge in [0.25, 0.3) is 11.1 Å². The summed E-state index contributed by atoms with van der Waals surface area (Å²) in [5.41, 5.74) is 1.13. The smallest absolute Gasteiger partial charge is 0.277 e. The second kappa shape index (κ2) is 8.89. The molecule has 0 unspecified atom stereocenters. The highest BCUT2D eigenvalue weighted by Crippen LogP contribution is 2.20. The zero-order valence-corrected chi connectivity index (χ0v) is 15.2. The number of thioether (sulfide) groups is 1. The number of hydrogen-bond donors (Lipinski definition) is 1. The molecule has 1 N–H and O–H groups in total. The molecule has 1 aromatic carbocycles. The summed E-state index contributed by atoms with van der Waals surface area (Å²) in [6.45, 7) is 2.22. The van der Waals surface area contributed by atoms with E-state index in [1.807, 2.05) is 31.2 Å². The van der Waals surface area contributed by atoms with Gasteiger partial charge in [0.2, 0.25) is 5.91 Å². The topological polar surface area (TPSA) is 77.2 Å². The lowest BCUT2D eigenvalue weighted by molar-refractivity contribution is -0.119. The Balaban J connectivity index is 1.41. The van der Waals surface area contributed by atoms with Crippen LogP contribution in [0, 0.1) is 6.92 Å². The summed E-state index contributed by atoms with van der Waals surface area (Å²) in [6, 6.07) is 8.09. The fraction of sp³-hybridized carbons (Fsp3) is 0.500. The van der Waals surface area contributed by atoms with Crippen LogP contribution >= 0.6 is 11.8 Å². The van der Waals surface area contributed by atoms with Gasteiger partial charge in [0, 0.05) is 6.04 Å². The van der Waals surface area contributed by atoms with Crippen molar-refractivity contribution in [2.45, 2.75) is 56.9 Å². The van der Waals surface area contributed by atoms with Gasteiger partial charge < -0.3 is 14.5 Å². The third-order valence-electron chi connectivity index (χ3n) is 4.10. The molecule has 0 radical (unpaired) electrons. The van der Waals surface area contributed by atoms with Crippen molar-refractivity contribution in [3.63, 3.8) is 0 Å². The van der Waals surface area contributed by atoms with Crippen molar-refractivity contribution in [2.75, 3.05) is 5.75 Å². The van der Waals surface area contributed by atoms with E-state index in [1.54, 1.807) is 0 Å². The molecule has 1 saturated carbocycles. The van der Waals surface area contributed by atoms with Crippen molar-refractivity contribution >= 4 is 17.7 Å². The van der Waals surface area contributed by atoms with Crippen molar-refractivity contribution in [3.8, 4) is 5.75 Å². The summed E-state index contributed by atoms with van der Waals surface area (Å²) in [6.07, 6.45) is 5.84. The standard InChI is InChI=1S/C18H23N3O3S/c1-13-6-5-9-15(10-13)23-11-17-20-21-18(24-17)25-12-16(22)19-14-7-3-2-4-8-14/h5-6,9-10,14H,2-4,7-8,11-12H2,1H3,(H,19,22). The number of carbonyl (C=O) groups excluding carboxylic acids is 1. The van der Waals surface area contributed by atoms with E-state index in [9.17, 15) is 4.79 Å².